The second-order valence-corrected chi connectivity index (χ2v) is 10.3. The van der Waals surface area contributed by atoms with Crippen molar-refractivity contribution in [2.75, 3.05) is 13.2 Å². The number of benzene rings is 2. The first kappa shape index (κ1) is 30.3. The van der Waals surface area contributed by atoms with E-state index >= 15 is 0 Å². The second kappa shape index (κ2) is 11.8. The smallest absolute Gasteiger partial charge is 0.343 e. The molecule has 2 saturated heterocycles. The number of hydrogen-bond acceptors (Lipinski definition) is 14. The molecule has 0 aliphatic carbocycles. The summed E-state index contributed by atoms with van der Waals surface area (Å²) in [5.41, 5.74) is -2.25. The van der Waals surface area contributed by atoms with E-state index in [-0.39, 0.29) is 35.5 Å². The Morgan fingerprint density at radius 2 is 1.86 bits per heavy atom. The zero-order chi connectivity index (χ0) is 31.1. The average Bonchev–Trinajstić information content (AvgIpc) is 2.96. The predicted molar refractivity (Wildman–Crippen MR) is 142 cm³/mol. The van der Waals surface area contributed by atoms with E-state index in [4.69, 9.17) is 23.7 Å². The molecule has 2 aromatic rings. The predicted octanol–water partition coefficient (Wildman–Crippen LogP) is 0.172. The van der Waals surface area contributed by atoms with Crippen LogP contribution in [0.2, 0.25) is 0 Å². The number of hydrogen-bond donors (Lipinski definition) is 7. The van der Waals surface area contributed by atoms with E-state index in [1.54, 1.807) is 0 Å². The first-order valence-corrected chi connectivity index (χ1v) is 13.2. The molecule has 0 amide bonds. The van der Waals surface area contributed by atoms with Gasteiger partial charge in [0.25, 0.3) is 0 Å². The normalized spacial score (nSPS) is 32.0. The fourth-order valence-corrected chi connectivity index (χ4v) is 5.39. The summed E-state index contributed by atoms with van der Waals surface area (Å²) in [5, 5.41) is 73.2. The van der Waals surface area contributed by atoms with Gasteiger partial charge in [-0.2, -0.15) is 0 Å². The van der Waals surface area contributed by atoms with Gasteiger partial charge in [0, 0.05) is 18.1 Å². The lowest BCUT2D eigenvalue weighted by molar-refractivity contribution is -0.343. The molecule has 14 heteroatoms. The molecular weight excluding hydrogens is 572 g/mol. The van der Waals surface area contributed by atoms with Gasteiger partial charge in [0.2, 0.25) is 12.6 Å². The van der Waals surface area contributed by atoms with E-state index in [0.717, 1.165) is 18.4 Å². The molecule has 5 rings (SSSR count). The molecule has 0 radical (unpaired) electrons. The first-order valence-electron chi connectivity index (χ1n) is 13.2. The number of fused-ring (bicyclic) bond motifs is 1. The molecule has 2 fully saturated rings. The lowest BCUT2D eigenvalue weighted by Crippen LogP contribution is -2.62. The molecule has 0 bridgehead atoms. The fraction of sp³-hybridized carbons (Fsp3) is 0.379. The maximum absolute atomic E-state index is 13.5. The van der Waals surface area contributed by atoms with Crippen molar-refractivity contribution in [2.45, 2.75) is 49.0 Å². The standard InChI is InChI=1S/C29H30O14/c1-2-17-27(40-12-18-25(36)39-7-6-29(17,18)38)43-28-24(23(35)22(34)20(11-30)41-28)42-26(37)21-16(9-15(32)10-19(21)33)13-4-3-5-14(31)8-13/h2-5,8-10,12,17,20,22-24,27-28,30-35,38H,1,6-7,11H2/t17?,20-,22-,23+,24-,27?,28+,29?/m1/s1. The lowest BCUT2D eigenvalue weighted by atomic mass is 9.76. The van der Waals surface area contributed by atoms with Crippen LogP contribution in [0.15, 0.2) is 60.9 Å². The monoisotopic (exact) mass is 602 g/mol. The van der Waals surface area contributed by atoms with Gasteiger partial charge in [-0.25, -0.2) is 9.59 Å². The van der Waals surface area contributed by atoms with E-state index in [9.17, 15) is 45.3 Å². The van der Waals surface area contributed by atoms with Crippen LogP contribution in [-0.4, -0.2) is 103 Å². The average molecular weight is 603 g/mol. The summed E-state index contributed by atoms with van der Waals surface area (Å²) >= 11 is 0. The molecule has 0 aromatic heterocycles. The molecule has 14 nitrogen and oxygen atoms in total. The van der Waals surface area contributed by atoms with Crippen LogP contribution in [0.4, 0.5) is 0 Å². The summed E-state index contributed by atoms with van der Waals surface area (Å²) in [6.45, 7) is 2.83. The Balaban J connectivity index is 1.48. The van der Waals surface area contributed by atoms with E-state index in [0.29, 0.717) is 0 Å². The highest BCUT2D eigenvalue weighted by Gasteiger charge is 2.55. The van der Waals surface area contributed by atoms with E-state index in [2.05, 4.69) is 6.58 Å². The highest BCUT2D eigenvalue weighted by atomic mass is 16.8. The SMILES string of the molecule is C=CC1C(O[C@@H]2O[C@H](CO)[C@@H](O)[C@H](O)[C@H]2OC(=O)c2c(O)cc(O)cc2-c2cccc(O)c2)OC=C2C(=O)OCCC21O. The number of phenols is 3. The Labute approximate surface area is 244 Å². The molecule has 8 atom stereocenters. The number of phenolic OH excluding ortho intramolecular Hbond substituents is 3. The first-order chi connectivity index (χ1) is 20.5. The van der Waals surface area contributed by atoms with E-state index < -0.39 is 84.1 Å². The number of ether oxygens (including phenoxy) is 5. The maximum Gasteiger partial charge on any atom is 0.343 e. The number of aromatic hydroxyl groups is 3. The number of carbonyl (C=O) groups is 2. The van der Waals surface area contributed by atoms with Crippen molar-refractivity contribution in [3.8, 4) is 28.4 Å². The van der Waals surface area contributed by atoms with Gasteiger partial charge in [-0.05, 0) is 23.8 Å². The number of carbonyl (C=O) groups excluding carboxylic acids is 2. The fourth-order valence-electron chi connectivity index (χ4n) is 5.39. The van der Waals surface area contributed by atoms with Crippen LogP contribution in [0.3, 0.4) is 0 Å². The van der Waals surface area contributed by atoms with Gasteiger partial charge in [-0.15, -0.1) is 6.58 Å². The second-order valence-electron chi connectivity index (χ2n) is 10.3. The summed E-state index contributed by atoms with van der Waals surface area (Å²) in [5.74, 6) is -4.40. The zero-order valence-corrected chi connectivity index (χ0v) is 22.5. The number of esters is 2. The molecule has 43 heavy (non-hydrogen) atoms. The van der Waals surface area contributed by atoms with Gasteiger partial charge in [-0.1, -0.05) is 18.2 Å². The molecule has 0 spiro atoms. The summed E-state index contributed by atoms with van der Waals surface area (Å²) in [6.07, 6.45) is -7.79. The van der Waals surface area contributed by atoms with E-state index in [1.807, 2.05) is 0 Å². The summed E-state index contributed by atoms with van der Waals surface area (Å²) < 4.78 is 27.6. The Kier molecular flexibility index (Phi) is 8.34. The lowest BCUT2D eigenvalue weighted by Gasteiger charge is -2.47. The molecule has 0 saturated carbocycles. The Hall–Kier alpha value is -4.18. The van der Waals surface area contributed by atoms with Crippen LogP contribution in [0, 0.1) is 5.92 Å². The summed E-state index contributed by atoms with van der Waals surface area (Å²) in [6, 6.07) is 7.63. The van der Waals surface area contributed by atoms with Crippen molar-refractivity contribution < 1.29 is 69.0 Å². The van der Waals surface area contributed by atoms with Gasteiger partial charge in [0.15, 0.2) is 6.10 Å². The number of cyclic esters (lactones) is 1. The van der Waals surface area contributed by atoms with Crippen LogP contribution in [0.25, 0.3) is 11.1 Å². The van der Waals surface area contributed by atoms with Crippen molar-refractivity contribution in [3.63, 3.8) is 0 Å². The van der Waals surface area contributed by atoms with E-state index in [1.165, 1.54) is 30.3 Å². The van der Waals surface area contributed by atoms with Crippen molar-refractivity contribution >= 4 is 11.9 Å². The third-order valence-electron chi connectivity index (χ3n) is 7.62. The molecule has 3 aliphatic rings. The highest BCUT2D eigenvalue weighted by Crippen LogP contribution is 2.43. The minimum atomic E-state index is -1.90. The van der Waals surface area contributed by atoms with Gasteiger partial charge < -0.3 is 59.4 Å². The zero-order valence-electron chi connectivity index (χ0n) is 22.5. The van der Waals surface area contributed by atoms with Crippen molar-refractivity contribution in [1.82, 2.24) is 0 Å². The van der Waals surface area contributed by atoms with Crippen LogP contribution >= 0.6 is 0 Å². The highest BCUT2D eigenvalue weighted by molar-refractivity contribution is 6.00. The van der Waals surface area contributed by atoms with Crippen LogP contribution in [-0.2, 0) is 28.5 Å². The number of aliphatic hydroxyl groups is 4. The molecule has 3 unspecified atom stereocenters. The van der Waals surface area contributed by atoms with Crippen LogP contribution in [0.1, 0.15) is 16.8 Å². The largest absolute Gasteiger partial charge is 0.508 e. The molecular formula is C29H30O14. The Morgan fingerprint density at radius 3 is 2.56 bits per heavy atom. The molecule has 2 aromatic carbocycles. The molecule has 7 N–H and O–H groups in total. The maximum atomic E-state index is 13.5. The van der Waals surface area contributed by atoms with Crippen LogP contribution < -0.4 is 0 Å². The van der Waals surface area contributed by atoms with Gasteiger partial charge >= 0.3 is 11.9 Å². The molecule has 3 aliphatic heterocycles. The molecule has 3 heterocycles. The number of aliphatic hydroxyl groups excluding tert-OH is 3. The third-order valence-corrected chi connectivity index (χ3v) is 7.62. The minimum Gasteiger partial charge on any atom is -0.508 e. The Morgan fingerprint density at radius 1 is 1.09 bits per heavy atom. The number of rotatable bonds is 7. The molecule has 230 valence electrons. The van der Waals surface area contributed by atoms with Crippen molar-refractivity contribution in [2.24, 2.45) is 5.92 Å². The summed E-state index contributed by atoms with van der Waals surface area (Å²) in [7, 11) is 0. The Bertz CT molecular complexity index is 1440. The van der Waals surface area contributed by atoms with Gasteiger partial charge in [0.1, 0.15) is 52.3 Å². The van der Waals surface area contributed by atoms with Crippen LogP contribution in [0.5, 0.6) is 17.2 Å². The quantitative estimate of drug-likeness (QED) is 0.166. The minimum absolute atomic E-state index is 0.0209. The van der Waals surface area contributed by atoms with Crippen molar-refractivity contribution in [3.05, 3.63) is 66.5 Å². The third kappa shape index (κ3) is 5.51. The van der Waals surface area contributed by atoms with Gasteiger partial charge in [0.05, 0.1) is 25.4 Å². The topological polar surface area (TPSA) is 222 Å². The van der Waals surface area contributed by atoms with Gasteiger partial charge in [-0.3, -0.25) is 0 Å². The summed E-state index contributed by atoms with van der Waals surface area (Å²) in [4.78, 5) is 25.8. The van der Waals surface area contributed by atoms with Crippen molar-refractivity contribution in [1.29, 1.82) is 0 Å².